The lowest BCUT2D eigenvalue weighted by Crippen LogP contribution is -2.30. The Morgan fingerprint density at radius 3 is 2.50 bits per heavy atom. The van der Waals surface area contributed by atoms with Gasteiger partial charge in [0.1, 0.15) is 5.82 Å². The number of carbonyl (C=O) groups excluding carboxylic acids is 1. The number of pyridine rings is 1. The van der Waals surface area contributed by atoms with Crippen molar-refractivity contribution in [3.8, 4) is 0 Å². The molecule has 2 aromatic heterocycles. The molecule has 4 rings (SSSR count). The first-order valence-electron chi connectivity index (χ1n) is 9.87. The molecule has 0 atom stereocenters. The van der Waals surface area contributed by atoms with Crippen LogP contribution in [0, 0.1) is 5.82 Å². The number of benzene rings is 2. The van der Waals surface area contributed by atoms with Crippen LogP contribution in [0.5, 0.6) is 0 Å². The molecule has 2 aromatic carbocycles. The summed E-state index contributed by atoms with van der Waals surface area (Å²) >= 11 is 1.20. The molecule has 0 aliphatic heterocycles. The second-order valence-electron chi connectivity index (χ2n) is 7.44. The van der Waals surface area contributed by atoms with E-state index in [1.165, 1.54) is 52.6 Å². The van der Waals surface area contributed by atoms with E-state index in [9.17, 15) is 17.6 Å². The monoisotopic (exact) mass is 469 g/mol. The lowest BCUT2D eigenvalue weighted by atomic mass is 10.2. The Morgan fingerprint density at radius 2 is 1.84 bits per heavy atom. The minimum Gasteiger partial charge on any atom is -0.278 e. The third-order valence-corrected chi connectivity index (χ3v) is 8.12. The molecule has 0 saturated heterocycles. The van der Waals surface area contributed by atoms with E-state index in [0.29, 0.717) is 26.6 Å². The molecule has 6 nitrogen and oxygen atoms in total. The maximum Gasteiger partial charge on any atom is 0.260 e. The molecule has 0 saturated carbocycles. The van der Waals surface area contributed by atoms with Gasteiger partial charge in [-0.1, -0.05) is 17.4 Å². The Hall–Kier alpha value is -3.17. The molecule has 32 heavy (non-hydrogen) atoms. The molecule has 9 heteroatoms. The van der Waals surface area contributed by atoms with Gasteiger partial charge >= 0.3 is 0 Å². The van der Waals surface area contributed by atoms with Crippen molar-refractivity contribution in [2.75, 3.05) is 4.90 Å². The fourth-order valence-corrected chi connectivity index (χ4v) is 5.14. The van der Waals surface area contributed by atoms with E-state index in [2.05, 4.69) is 9.97 Å². The Bertz CT molecular complexity index is 1370. The topological polar surface area (TPSA) is 80.2 Å². The van der Waals surface area contributed by atoms with Gasteiger partial charge in [0.2, 0.25) is 0 Å². The van der Waals surface area contributed by atoms with Crippen molar-refractivity contribution in [3.05, 3.63) is 83.9 Å². The standard InChI is InChI=1S/C23H20FN3O3S2/c1-15(2)32(29,30)19-9-6-16(7-10-19)22(28)27(14-18-5-3-4-12-25-18)23-26-20-11-8-17(24)13-21(20)31-23/h3-13,15H,14H2,1-2H3. The normalized spacial score (nSPS) is 11.8. The van der Waals surface area contributed by atoms with Gasteiger partial charge < -0.3 is 0 Å². The zero-order valence-electron chi connectivity index (χ0n) is 17.4. The highest BCUT2D eigenvalue weighted by Crippen LogP contribution is 2.31. The van der Waals surface area contributed by atoms with Crippen molar-refractivity contribution in [1.82, 2.24) is 9.97 Å². The van der Waals surface area contributed by atoms with Crippen molar-refractivity contribution in [3.63, 3.8) is 0 Å². The Labute approximate surface area is 189 Å². The summed E-state index contributed by atoms with van der Waals surface area (Å²) in [6.45, 7) is 3.38. The maximum atomic E-state index is 13.6. The summed E-state index contributed by atoms with van der Waals surface area (Å²) in [5.74, 6) is -0.735. The Kier molecular flexibility index (Phi) is 6.03. The van der Waals surface area contributed by atoms with Gasteiger partial charge in [0, 0.05) is 11.8 Å². The molecule has 0 radical (unpaired) electrons. The molecule has 4 aromatic rings. The quantitative estimate of drug-likeness (QED) is 0.403. The summed E-state index contributed by atoms with van der Waals surface area (Å²) in [5.41, 5.74) is 1.56. The number of thiazole rings is 1. The third kappa shape index (κ3) is 4.39. The molecule has 0 aliphatic carbocycles. The van der Waals surface area contributed by atoms with Crippen LogP contribution in [-0.2, 0) is 16.4 Å². The SMILES string of the molecule is CC(C)S(=O)(=O)c1ccc(C(=O)N(Cc2ccccn2)c2nc3ccc(F)cc3s2)cc1. The number of halogens is 1. The number of aromatic nitrogens is 2. The van der Waals surface area contributed by atoms with Gasteiger partial charge in [-0.2, -0.15) is 0 Å². The van der Waals surface area contributed by atoms with Gasteiger partial charge in [0.05, 0.1) is 32.6 Å². The van der Waals surface area contributed by atoms with Gasteiger partial charge in [-0.15, -0.1) is 0 Å². The molecule has 0 unspecified atom stereocenters. The number of fused-ring (bicyclic) bond motifs is 1. The molecule has 2 heterocycles. The summed E-state index contributed by atoms with van der Waals surface area (Å²) in [4.78, 5) is 23.9. The highest BCUT2D eigenvalue weighted by molar-refractivity contribution is 7.92. The lowest BCUT2D eigenvalue weighted by molar-refractivity contribution is 0.0984. The average Bonchev–Trinajstić information content (AvgIpc) is 3.20. The number of hydrogen-bond acceptors (Lipinski definition) is 6. The Balaban J connectivity index is 1.73. The summed E-state index contributed by atoms with van der Waals surface area (Å²) in [6, 6.07) is 15.5. The molecule has 164 valence electrons. The number of rotatable bonds is 6. The van der Waals surface area contributed by atoms with Crippen LogP contribution in [0.2, 0.25) is 0 Å². The first-order valence-corrected chi connectivity index (χ1v) is 12.2. The number of sulfone groups is 1. The highest BCUT2D eigenvalue weighted by atomic mass is 32.2. The van der Waals surface area contributed by atoms with Gasteiger partial charge in [0.15, 0.2) is 15.0 Å². The van der Waals surface area contributed by atoms with E-state index < -0.39 is 15.1 Å². The van der Waals surface area contributed by atoms with E-state index >= 15 is 0 Å². The Morgan fingerprint density at radius 1 is 1.09 bits per heavy atom. The van der Waals surface area contributed by atoms with Crippen molar-refractivity contribution in [1.29, 1.82) is 0 Å². The van der Waals surface area contributed by atoms with Crippen LogP contribution in [0.1, 0.15) is 29.9 Å². The van der Waals surface area contributed by atoms with Crippen LogP contribution in [0.25, 0.3) is 10.2 Å². The first kappa shape index (κ1) is 22.0. The average molecular weight is 470 g/mol. The molecule has 0 fully saturated rings. The van der Waals surface area contributed by atoms with Crippen molar-refractivity contribution < 1.29 is 17.6 Å². The second-order valence-corrected chi connectivity index (χ2v) is 11.0. The predicted octanol–water partition coefficient (Wildman–Crippen LogP) is 4.86. The second kappa shape index (κ2) is 8.76. The summed E-state index contributed by atoms with van der Waals surface area (Å²) in [6.07, 6.45) is 1.64. The lowest BCUT2D eigenvalue weighted by Gasteiger charge is -2.20. The molecular weight excluding hydrogens is 449 g/mol. The molecule has 0 aliphatic rings. The van der Waals surface area contributed by atoms with E-state index in [1.54, 1.807) is 38.2 Å². The summed E-state index contributed by atoms with van der Waals surface area (Å²) in [7, 11) is -3.44. The molecule has 1 amide bonds. The van der Waals surface area contributed by atoms with E-state index in [-0.39, 0.29) is 23.2 Å². The zero-order valence-corrected chi connectivity index (χ0v) is 19.0. The number of nitrogens with zero attached hydrogens (tertiary/aromatic N) is 3. The highest BCUT2D eigenvalue weighted by Gasteiger charge is 2.24. The predicted molar refractivity (Wildman–Crippen MR) is 123 cm³/mol. The molecular formula is C23H20FN3O3S2. The zero-order chi connectivity index (χ0) is 22.9. The minimum absolute atomic E-state index is 0.161. The van der Waals surface area contributed by atoms with Gasteiger partial charge in [-0.25, -0.2) is 17.8 Å². The number of hydrogen-bond donors (Lipinski definition) is 0. The van der Waals surface area contributed by atoms with Crippen LogP contribution >= 0.6 is 11.3 Å². The molecule has 0 spiro atoms. The van der Waals surface area contributed by atoms with E-state index in [1.807, 2.05) is 6.07 Å². The number of anilines is 1. The van der Waals surface area contributed by atoms with Gasteiger partial charge in [-0.05, 0) is 68.4 Å². The fraction of sp³-hybridized carbons (Fsp3) is 0.174. The first-order chi connectivity index (χ1) is 15.3. The molecule has 0 bridgehead atoms. The van der Waals surface area contributed by atoms with Crippen LogP contribution in [0.3, 0.4) is 0 Å². The largest absolute Gasteiger partial charge is 0.278 e. The number of amides is 1. The summed E-state index contributed by atoms with van der Waals surface area (Å²) in [5, 5.41) is -0.159. The van der Waals surface area contributed by atoms with E-state index in [4.69, 9.17) is 0 Å². The van der Waals surface area contributed by atoms with Gasteiger partial charge in [-0.3, -0.25) is 14.7 Å². The van der Waals surface area contributed by atoms with Crippen LogP contribution < -0.4 is 4.90 Å². The van der Waals surface area contributed by atoms with Crippen LogP contribution in [-0.4, -0.2) is 29.5 Å². The van der Waals surface area contributed by atoms with Gasteiger partial charge in [0.25, 0.3) is 5.91 Å². The van der Waals surface area contributed by atoms with Crippen LogP contribution in [0.4, 0.5) is 9.52 Å². The third-order valence-electron chi connectivity index (χ3n) is 4.91. The van der Waals surface area contributed by atoms with E-state index in [0.717, 1.165) is 0 Å². The fourth-order valence-electron chi connectivity index (χ4n) is 3.10. The van der Waals surface area contributed by atoms with Crippen molar-refractivity contribution in [2.24, 2.45) is 0 Å². The van der Waals surface area contributed by atoms with Crippen LogP contribution in [0.15, 0.2) is 71.8 Å². The van der Waals surface area contributed by atoms with Crippen molar-refractivity contribution >= 4 is 42.4 Å². The summed E-state index contributed by atoms with van der Waals surface area (Å²) < 4.78 is 39.1. The number of carbonyl (C=O) groups is 1. The maximum absolute atomic E-state index is 13.6. The van der Waals surface area contributed by atoms with Crippen molar-refractivity contribution in [2.45, 2.75) is 30.5 Å². The molecule has 0 N–H and O–H groups in total. The minimum atomic E-state index is -3.44. The smallest absolute Gasteiger partial charge is 0.260 e.